The second-order valence-electron chi connectivity index (χ2n) is 3.69. The molecule has 2 fully saturated rings. The summed E-state index contributed by atoms with van der Waals surface area (Å²) in [6.07, 6.45) is 0.497. The Labute approximate surface area is 71.3 Å². The Hall–Kier alpha value is -0.190. The number of aliphatic hydroxyl groups is 1. The van der Waals surface area contributed by atoms with Crippen LogP contribution in [-0.2, 0) is 0 Å². The molecule has 2 aliphatic rings. The van der Waals surface area contributed by atoms with Crippen LogP contribution in [0.2, 0.25) is 0 Å². The average Bonchev–Trinajstić information content (AvgIpc) is 2.02. The predicted molar refractivity (Wildman–Crippen MR) is 43.7 cm³/mol. The number of hydrogen-bond donors (Lipinski definition) is 3. The molecule has 12 heavy (non-hydrogen) atoms. The lowest BCUT2D eigenvalue weighted by Gasteiger charge is -2.41. The van der Waals surface area contributed by atoms with Crippen molar-refractivity contribution in [2.75, 3.05) is 13.1 Å². The second kappa shape index (κ2) is 3.28. The van der Waals surface area contributed by atoms with Crippen LogP contribution in [0.1, 0.15) is 12.8 Å². The van der Waals surface area contributed by atoms with E-state index in [2.05, 4.69) is 10.6 Å². The molecule has 0 radical (unpaired) electrons. The number of aliphatic hydroxyl groups excluding tert-OH is 1. The number of hydrogen-bond acceptors (Lipinski definition) is 3. The smallest absolute Gasteiger partial charge is 0.129 e. The van der Waals surface area contributed by atoms with Gasteiger partial charge in [-0.1, -0.05) is 0 Å². The maximum atomic E-state index is 12.9. The van der Waals surface area contributed by atoms with Crippen molar-refractivity contribution in [1.82, 2.24) is 10.6 Å². The molecule has 2 aliphatic heterocycles. The van der Waals surface area contributed by atoms with Gasteiger partial charge in [-0.3, -0.25) is 0 Å². The lowest BCUT2D eigenvalue weighted by atomic mass is 9.89. The van der Waals surface area contributed by atoms with E-state index in [0.717, 1.165) is 13.0 Å². The maximum Gasteiger partial charge on any atom is 0.129 e. The highest BCUT2D eigenvalue weighted by atomic mass is 19.1. The lowest BCUT2D eigenvalue weighted by Crippen LogP contribution is -2.66. The summed E-state index contributed by atoms with van der Waals surface area (Å²) in [5.41, 5.74) is 0. The molecule has 4 heteroatoms. The van der Waals surface area contributed by atoms with Crippen LogP contribution in [0.15, 0.2) is 0 Å². The first-order chi connectivity index (χ1) is 5.77. The molecule has 4 atom stereocenters. The maximum absolute atomic E-state index is 12.9. The summed E-state index contributed by atoms with van der Waals surface area (Å²) in [7, 11) is 0. The van der Waals surface area contributed by atoms with E-state index in [4.69, 9.17) is 0 Å². The van der Waals surface area contributed by atoms with Crippen molar-refractivity contribution in [1.29, 1.82) is 0 Å². The predicted octanol–water partition coefficient (Wildman–Crippen LogP) is -0.591. The number of piperidine rings is 1. The van der Waals surface area contributed by atoms with Crippen molar-refractivity contribution in [3.8, 4) is 0 Å². The molecule has 0 aromatic carbocycles. The highest BCUT2D eigenvalue weighted by Crippen LogP contribution is 2.19. The number of halogens is 1. The van der Waals surface area contributed by atoms with Crippen molar-refractivity contribution in [2.24, 2.45) is 0 Å². The van der Waals surface area contributed by atoms with Crippen molar-refractivity contribution in [2.45, 2.75) is 37.2 Å². The third-order valence-corrected chi connectivity index (χ3v) is 2.78. The van der Waals surface area contributed by atoms with E-state index >= 15 is 0 Å². The quantitative estimate of drug-likeness (QED) is 0.498. The molecule has 70 valence electrons. The van der Waals surface area contributed by atoms with Crippen LogP contribution in [0.25, 0.3) is 0 Å². The monoisotopic (exact) mass is 174 g/mol. The van der Waals surface area contributed by atoms with Crippen LogP contribution >= 0.6 is 0 Å². The third kappa shape index (κ3) is 1.46. The van der Waals surface area contributed by atoms with Gasteiger partial charge >= 0.3 is 0 Å². The molecular weight excluding hydrogens is 159 g/mol. The van der Waals surface area contributed by atoms with Gasteiger partial charge in [0, 0.05) is 12.6 Å². The molecule has 0 aromatic heterocycles. The minimum Gasteiger partial charge on any atom is -0.393 e. The molecule has 0 bridgehead atoms. The minimum absolute atomic E-state index is 0.0695. The van der Waals surface area contributed by atoms with Crippen molar-refractivity contribution in [3.05, 3.63) is 0 Å². The molecule has 0 aliphatic carbocycles. The molecule has 0 amide bonds. The van der Waals surface area contributed by atoms with Gasteiger partial charge in [0.2, 0.25) is 0 Å². The zero-order chi connectivity index (χ0) is 8.55. The van der Waals surface area contributed by atoms with E-state index in [1.165, 1.54) is 0 Å². The van der Waals surface area contributed by atoms with Gasteiger partial charge in [0.15, 0.2) is 0 Å². The number of nitrogens with one attached hydrogen (secondary N) is 2. The van der Waals surface area contributed by atoms with Gasteiger partial charge < -0.3 is 15.7 Å². The van der Waals surface area contributed by atoms with E-state index < -0.39 is 6.17 Å². The van der Waals surface area contributed by atoms with Crippen molar-refractivity contribution < 1.29 is 9.50 Å². The molecule has 0 spiro atoms. The molecule has 3 nitrogen and oxygen atoms in total. The Morgan fingerprint density at radius 2 is 2.17 bits per heavy atom. The molecule has 0 aromatic rings. The first-order valence-corrected chi connectivity index (χ1v) is 4.56. The van der Waals surface area contributed by atoms with Gasteiger partial charge in [-0.25, -0.2) is 4.39 Å². The summed E-state index contributed by atoms with van der Waals surface area (Å²) < 4.78 is 12.9. The van der Waals surface area contributed by atoms with Gasteiger partial charge in [-0.2, -0.15) is 0 Å². The summed E-state index contributed by atoms with van der Waals surface area (Å²) in [6, 6.07) is 0.0532. The number of alkyl halides is 1. The first kappa shape index (κ1) is 8.41. The van der Waals surface area contributed by atoms with Gasteiger partial charge in [-0.15, -0.1) is 0 Å². The van der Waals surface area contributed by atoms with Crippen LogP contribution in [0.3, 0.4) is 0 Å². The highest BCUT2D eigenvalue weighted by Gasteiger charge is 2.38. The van der Waals surface area contributed by atoms with Crippen LogP contribution < -0.4 is 10.6 Å². The summed E-state index contributed by atoms with van der Waals surface area (Å²) in [5, 5.41) is 15.6. The number of rotatable bonds is 1. The van der Waals surface area contributed by atoms with Gasteiger partial charge in [0.05, 0.1) is 12.1 Å². The summed E-state index contributed by atoms with van der Waals surface area (Å²) in [5.74, 6) is 0. The Bertz CT molecular complexity index is 167. The van der Waals surface area contributed by atoms with E-state index in [9.17, 15) is 9.50 Å². The van der Waals surface area contributed by atoms with Gasteiger partial charge in [0.25, 0.3) is 0 Å². The van der Waals surface area contributed by atoms with Crippen LogP contribution in [-0.4, -0.2) is 42.6 Å². The lowest BCUT2D eigenvalue weighted by molar-refractivity contribution is 0.0617. The van der Waals surface area contributed by atoms with Crippen molar-refractivity contribution >= 4 is 0 Å². The summed E-state index contributed by atoms with van der Waals surface area (Å²) in [6.45, 7) is 1.27. The molecule has 4 unspecified atom stereocenters. The fourth-order valence-electron chi connectivity index (χ4n) is 1.94. The van der Waals surface area contributed by atoms with Gasteiger partial charge in [0.1, 0.15) is 6.17 Å². The average molecular weight is 174 g/mol. The zero-order valence-electron chi connectivity index (χ0n) is 6.96. The Balaban J connectivity index is 1.86. The normalized spacial score (nSPS) is 48.5. The molecular formula is C8H15FN2O. The highest BCUT2D eigenvalue weighted by molar-refractivity contribution is 4.99. The van der Waals surface area contributed by atoms with E-state index in [0.29, 0.717) is 13.0 Å². The molecule has 3 N–H and O–H groups in total. The van der Waals surface area contributed by atoms with Gasteiger partial charge in [-0.05, 0) is 19.4 Å². The Kier molecular flexibility index (Phi) is 2.30. The fourth-order valence-corrected chi connectivity index (χ4v) is 1.94. The largest absolute Gasteiger partial charge is 0.393 e. The van der Waals surface area contributed by atoms with Crippen LogP contribution in [0.5, 0.6) is 0 Å². The standard InChI is InChI=1S/C8H15FN2O/c9-6-4-11-8(6)7-3-5(12)1-2-10-7/h5-8,10-12H,1-4H2. The third-order valence-electron chi connectivity index (χ3n) is 2.78. The Morgan fingerprint density at radius 1 is 1.33 bits per heavy atom. The van der Waals surface area contributed by atoms with E-state index in [-0.39, 0.29) is 18.2 Å². The van der Waals surface area contributed by atoms with Crippen LogP contribution in [0.4, 0.5) is 4.39 Å². The Morgan fingerprint density at radius 3 is 2.67 bits per heavy atom. The first-order valence-electron chi connectivity index (χ1n) is 4.56. The van der Waals surface area contributed by atoms with E-state index in [1.54, 1.807) is 0 Å². The molecule has 2 saturated heterocycles. The molecule has 2 rings (SSSR count). The molecule has 0 saturated carbocycles. The van der Waals surface area contributed by atoms with Crippen molar-refractivity contribution in [3.63, 3.8) is 0 Å². The van der Waals surface area contributed by atoms with Crippen LogP contribution in [0, 0.1) is 0 Å². The van der Waals surface area contributed by atoms with E-state index in [1.807, 2.05) is 0 Å². The fraction of sp³-hybridized carbons (Fsp3) is 1.00. The topological polar surface area (TPSA) is 44.3 Å². The zero-order valence-corrected chi connectivity index (χ0v) is 6.96. The summed E-state index contributed by atoms with van der Waals surface area (Å²) in [4.78, 5) is 0. The summed E-state index contributed by atoms with van der Waals surface area (Å²) >= 11 is 0. The SMILES string of the molecule is OC1CCNC(C2NCC2F)C1. The minimum atomic E-state index is -0.729. The second-order valence-corrected chi connectivity index (χ2v) is 3.69. The molecule has 2 heterocycles.